The van der Waals surface area contributed by atoms with E-state index in [1.807, 2.05) is 0 Å². The third-order valence-corrected chi connectivity index (χ3v) is 3.14. The fourth-order valence-electron chi connectivity index (χ4n) is 2.12. The summed E-state index contributed by atoms with van der Waals surface area (Å²) >= 11 is 0. The Labute approximate surface area is 124 Å². The summed E-state index contributed by atoms with van der Waals surface area (Å²) in [6.07, 6.45) is 2.08. The van der Waals surface area contributed by atoms with Gasteiger partial charge in [0, 0.05) is 12.1 Å². The minimum absolute atomic E-state index is 0. The molecule has 114 valence electrons. The first-order chi connectivity index (χ1) is 9.15. The number of rotatable bonds is 5. The van der Waals surface area contributed by atoms with Crippen LogP contribution in [0.5, 0.6) is 0 Å². The zero-order valence-corrected chi connectivity index (χ0v) is 12.5. The second-order valence-corrected chi connectivity index (χ2v) is 4.79. The lowest BCUT2D eigenvalue weighted by Crippen LogP contribution is -2.52. The molecule has 7 nitrogen and oxygen atoms in total. The van der Waals surface area contributed by atoms with Crippen molar-refractivity contribution in [2.45, 2.75) is 45.4 Å². The lowest BCUT2D eigenvalue weighted by Gasteiger charge is -2.30. The Hall–Kier alpha value is -1.18. The van der Waals surface area contributed by atoms with Gasteiger partial charge >= 0.3 is 0 Å². The van der Waals surface area contributed by atoms with E-state index in [1.54, 1.807) is 6.92 Å². The Balaban J connectivity index is 0.00000200. The first kappa shape index (κ1) is 16.9. The van der Waals surface area contributed by atoms with Crippen molar-refractivity contribution in [3.05, 3.63) is 11.7 Å². The number of carbonyl (C=O) groups is 1. The lowest BCUT2D eigenvalue weighted by atomic mass is 10.00. The molecule has 1 aliphatic heterocycles. The number of aromatic nitrogens is 2. The molecule has 1 aromatic rings. The maximum atomic E-state index is 11.7. The Morgan fingerprint density at radius 1 is 1.60 bits per heavy atom. The second kappa shape index (κ2) is 8.18. The highest BCUT2D eigenvalue weighted by Gasteiger charge is 2.22. The van der Waals surface area contributed by atoms with Gasteiger partial charge in [0.25, 0.3) is 5.89 Å². The van der Waals surface area contributed by atoms with Crippen LogP contribution in [0.3, 0.4) is 0 Å². The van der Waals surface area contributed by atoms with E-state index < -0.39 is 0 Å². The van der Waals surface area contributed by atoms with E-state index in [1.165, 1.54) is 0 Å². The Morgan fingerprint density at radius 3 is 3.05 bits per heavy atom. The lowest BCUT2D eigenvalue weighted by molar-refractivity contribution is -0.127. The van der Waals surface area contributed by atoms with Crippen LogP contribution in [0.1, 0.15) is 31.5 Å². The topological polar surface area (TPSA) is 89.3 Å². The molecule has 0 aliphatic carbocycles. The van der Waals surface area contributed by atoms with Gasteiger partial charge in [-0.25, -0.2) is 0 Å². The van der Waals surface area contributed by atoms with Crippen LogP contribution in [0.2, 0.25) is 0 Å². The number of aryl methyl sites for hydroxylation is 1. The number of hydrogen-bond acceptors (Lipinski definition) is 6. The smallest absolute Gasteiger partial charge is 0.252 e. The summed E-state index contributed by atoms with van der Waals surface area (Å²) in [5.41, 5.74) is 0. The maximum Gasteiger partial charge on any atom is 0.252 e. The Kier molecular flexibility index (Phi) is 6.90. The highest BCUT2D eigenvalue weighted by molar-refractivity contribution is 5.85. The summed E-state index contributed by atoms with van der Waals surface area (Å²) in [6.45, 7) is 4.99. The zero-order valence-electron chi connectivity index (χ0n) is 11.7. The van der Waals surface area contributed by atoms with Crippen molar-refractivity contribution in [2.75, 3.05) is 13.2 Å². The van der Waals surface area contributed by atoms with E-state index >= 15 is 0 Å². The van der Waals surface area contributed by atoms with Crippen LogP contribution in [0, 0.1) is 6.92 Å². The molecular weight excluding hydrogens is 284 g/mol. The number of halogens is 1. The molecule has 8 heteroatoms. The molecule has 2 heterocycles. The van der Waals surface area contributed by atoms with Crippen LogP contribution >= 0.6 is 12.4 Å². The predicted octanol–water partition coefficient (Wildman–Crippen LogP) is 0.573. The summed E-state index contributed by atoms with van der Waals surface area (Å²) in [5.74, 6) is 0.833. The van der Waals surface area contributed by atoms with Crippen molar-refractivity contribution in [3.63, 3.8) is 0 Å². The van der Waals surface area contributed by atoms with Gasteiger partial charge in [-0.1, -0.05) is 5.16 Å². The van der Waals surface area contributed by atoms with Gasteiger partial charge < -0.3 is 19.9 Å². The quantitative estimate of drug-likeness (QED) is 0.827. The molecule has 1 aliphatic rings. The number of carbonyl (C=O) groups excluding carboxylic acids is 1. The predicted molar refractivity (Wildman–Crippen MR) is 74.6 cm³/mol. The van der Waals surface area contributed by atoms with Gasteiger partial charge in [-0.3, -0.25) is 4.79 Å². The average molecular weight is 305 g/mol. The SMILES string of the molecule is Cc1noc(COCC(=O)NC2CCCNC2C)n1.Cl. The first-order valence-electron chi connectivity index (χ1n) is 6.55. The minimum atomic E-state index is -0.114. The van der Waals surface area contributed by atoms with Crippen molar-refractivity contribution in [1.82, 2.24) is 20.8 Å². The van der Waals surface area contributed by atoms with Crippen molar-refractivity contribution < 1.29 is 14.1 Å². The molecule has 1 saturated heterocycles. The van der Waals surface area contributed by atoms with E-state index in [0.717, 1.165) is 19.4 Å². The highest BCUT2D eigenvalue weighted by Crippen LogP contribution is 2.07. The summed E-state index contributed by atoms with van der Waals surface area (Å²) in [5, 5.41) is 9.94. The normalized spacial score (nSPS) is 22.1. The van der Waals surface area contributed by atoms with E-state index in [0.29, 0.717) is 17.8 Å². The number of ether oxygens (including phenoxy) is 1. The molecule has 0 bridgehead atoms. The van der Waals surface area contributed by atoms with Gasteiger partial charge in [-0.2, -0.15) is 4.98 Å². The molecular formula is C12H21ClN4O3. The van der Waals surface area contributed by atoms with Gasteiger partial charge in [0.05, 0.1) is 0 Å². The monoisotopic (exact) mass is 304 g/mol. The molecule has 2 N–H and O–H groups in total. The summed E-state index contributed by atoms with van der Waals surface area (Å²) in [6, 6.07) is 0.479. The molecule has 0 aromatic carbocycles. The molecule has 0 radical (unpaired) electrons. The van der Waals surface area contributed by atoms with Gasteiger partial charge in [0.15, 0.2) is 5.82 Å². The number of amides is 1. The molecule has 0 spiro atoms. The third-order valence-electron chi connectivity index (χ3n) is 3.14. The first-order valence-corrected chi connectivity index (χ1v) is 6.55. The van der Waals surface area contributed by atoms with Crippen LogP contribution in [-0.2, 0) is 16.1 Å². The number of nitrogens with zero attached hydrogens (tertiary/aromatic N) is 2. The summed E-state index contributed by atoms with van der Waals surface area (Å²) in [7, 11) is 0. The maximum absolute atomic E-state index is 11.7. The number of hydrogen-bond donors (Lipinski definition) is 2. The molecule has 2 unspecified atom stereocenters. The average Bonchev–Trinajstić information content (AvgIpc) is 2.78. The molecule has 0 saturated carbocycles. The van der Waals surface area contributed by atoms with E-state index in [2.05, 4.69) is 27.7 Å². The zero-order chi connectivity index (χ0) is 13.7. The largest absolute Gasteiger partial charge is 0.362 e. The second-order valence-electron chi connectivity index (χ2n) is 4.79. The molecule has 1 fully saturated rings. The van der Waals surface area contributed by atoms with Crippen LogP contribution in [0.15, 0.2) is 4.52 Å². The van der Waals surface area contributed by atoms with Crippen molar-refractivity contribution in [2.24, 2.45) is 0 Å². The van der Waals surface area contributed by atoms with Crippen LogP contribution in [0.4, 0.5) is 0 Å². The molecule has 2 atom stereocenters. The molecule has 2 rings (SSSR count). The summed E-state index contributed by atoms with van der Waals surface area (Å²) < 4.78 is 10.1. The van der Waals surface area contributed by atoms with Gasteiger partial charge in [0.1, 0.15) is 13.2 Å². The Bertz CT molecular complexity index is 427. The fourth-order valence-corrected chi connectivity index (χ4v) is 2.12. The Morgan fingerprint density at radius 2 is 2.40 bits per heavy atom. The highest BCUT2D eigenvalue weighted by atomic mass is 35.5. The van der Waals surface area contributed by atoms with Gasteiger partial charge in [-0.05, 0) is 33.2 Å². The van der Waals surface area contributed by atoms with E-state index in [9.17, 15) is 4.79 Å². The van der Waals surface area contributed by atoms with Crippen LogP contribution < -0.4 is 10.6 Å². The van der Waals surface area contributed by atoms with Gasteiger partial charge in [-0.15, -0.1) is 12.4 Å². The van der Waals surface area contributed by atoms with Crippen molar-refractivity contribution in [3.8, 4) is 0 Å². The minimum Gasteiger partial charge on any atom is -0.362 e. The number of nitrogens with one attached hydrogen (secondary N) is 2. The van der Waals surface area contributed by atoms with E-state index in [4.69, 9.17) is 9.26 Å². The molecule has 1 aromatic heterocycles. The third kappa shape index (κ3) is 5.07. The molecule has 20 heavy (non-hydrogen) atoms. The number of piperidine rings is 1. The van der Waals surface area contributed by atoms with Crippen molar-refractivity contribution >= 4 is 18.3 Å². The van der Waals surface area contributed by atoms with Crippen LogP contribution in [0.25, 0.3) is 0 Å². The summed E-state index contributed by atoms with van der Waals surface area (Å²) in [4.78, 5) is 15.7. The fraction of sp³-hybridized carbons (Fsp3) is 0.750. The van der Waals surface area contributed by atoms with Crippen molar-refractivity contribution in [1.29, 1.82) is 0 Å². The standard InChI is InChI=1S/C12H20N4O3.ClH/c1-8-10(4-3-5-13-8)15-11(17)6-18-7-12-14-9(2)16-19-12;/h8,10,13H,3-7H2,1-2H3,(H,15,17);1H. The van der Waals surface area contributed by atoms with Gasteiger partial charge in [0.2, 0.25) is 5.91 Å². The van der Waals surface area contributed by atoms with E-state index in [-0.39, 0.29) is 37.6 Å². The molecule has 1 amide bonds. The van der Waals surface area contributed by atoms with Crippen LogP contribution in [-0.4, -0.2) is 41.3 Å².